The highest BCUT2D eigenvalue weighted by Gasteiger charge is 2.31. The van der Waals surface area contributed by atoms with E-state index in [0.29, 0.717) is 6.42 Å². The van der Waals surface area contributed by atoms with E-state index in [4.69, 9.17) is 0 Å². The molecule has 3 heterocycles. The van der Waals surface area contributed by atoms with Crippen LogP contribution in [0.1, 0.15) is 18.5 Å². The fourth-order valence-electron chi connectivity index (χ4n) is 3.84. The Morgan fingerprint density at radius 3 is 2.58 bits per heavy atom. The number of fused-ring (bicyclic) bond motifs is 1. The van der Waals surface area contributed by atoms with Crippen LogP contribution in [0.25, 0.3) is 10.6 Å². The number of aromatic nitrogens is 1. The second kappa shape index (κ2) is 7.03. The average Bonchev–Trinajstić information content (AvgIpc) is 3.21. The summed E-state index contributed by atoms with van der Waals surface area (Å²) < 4.78 is 0. The van der Waals surface area contributed by atoms with Crippen molar-refractivity contribution in [2.75, 3.05) is 26.2 Å². The highest BCUT2D eigenvalue weighted by molar-refractivity contribution is 7.13. The lowest BCUT2D eigenvalue weighted by molar-refractivity contribution is -0.130. The molecule has 1 amide bonds. The van der Waals surface area contributed by atoms with E-state index in [0.717, 1.165) is 67.1 Å². The Balaban J connectivity index is 1.38. The van der Waals surface area contributed by atoms with Gasteiger partial charge in [0, 0.05) is 24.0 Å². The molecule has 0 bridgehead atoms. The molecular weight excluding hydrogens is 318 g/mol. The molecule has 2 aromatic rings. The van der Waals surface area contributed by atoms with Crippen molar-refractivity contribution in [2.24, 2.45) is 11.8 Å². The molecule has 4 nitrogen and oxygen atoms in total. The number of likely N-dealkylation sites (tertiary alicyclic amines) is 1. The molecule has 0 aliphatic carbocycles. The summed E-state index contributed by atoms with van der Waals surface area (Å²) in [6.45, 7) is 4.05. The van der Waals surface area contributed by atoms with Crippen molar-refractivity contribution in [3.8, 4) is 10.6 Å². The maximum Gasteiger partial charge on any atom is 0.228 e. The molecule has 0 unspecified atom stereocenters. The van der Waals surface area contributed by atoms with Crippen molar-refractivity contribution in [1.82, 2.24) is 15.2 Å². The second-order valence-electron chi connectivity index (χ2n) is 6.82. The molecule has 5 heteroatoms. The van der Waals surface area contributed by atoms with Crippen LogP contribution in [0.3, 0.4) is 0 Å². The number of thiazole rings is 1. The van der Waals surface area contributed by atoms with Crippen LogP contribution in [0.15, 0.2) is 35.7 Å². The third-order valence-corrected chi connectivity index (χ3v) is 6.22. The minimum atomic E-state index is 0.229. The number of amides is 1. The summed E-state index contributed by atoms with van der Waals surface area (Å²) in [7, 11) is 0. The van der Waals surface area contributed by atoms with Crippen LogP contribution in [0.4, 0.5) is 0 Å². The van der Waals surface area contributed by atoms with Crippen LogP contribution in [-0.4, -0.2) is 42.0 Å². The van der Waals surface area contributed by atoms with Crippen molar-refractivity contribution in [3.05, 3.63) is 41.4 Å². The smallest absolute Gasteiger partial charge is 0.228 e. The maximum atomic E-state index is 12.7. The number of benzene rings is 1. The number of carbonyl (C=O) groups excluding carboxylic acids is 1. The molecular formula is C19H23N3OS. The first-order valence-electron chi connectivity index (χ1n) is 8.78. The standard InChI is InChI=1S/C19H23N3OS/c23-18(22-8-6-15-11-20-12-16(15)7-9-22)10-17-13-24-19(21-17)14-4-2-1-3-5-14/h1-5,13,15-16,20H,6-12H2/t15-,16+. The summed E-state index contributed by atoms with van der Waals surface area (Å²) >= 11 is 1.62. The molecule has 1 N–H and O–H groups in total. The molecule has 0 radical (unpaired) electrons. The third kappa shape index (κ3) is 3.37. The predicted octanol–water partition coefficient (Wildman–Crippen LogP) is 2.81. The van der Waals surface area contributed by atoms with Crippen LogP contribution in [0.5, 0.6) is 0 Å². The van der Waals surface area contributed by atoms with Gasteiger partial charge in [-0.2, -0.15) is 0 Å². The highest BCUT2D eigenvalue weighted by atomic mass is 32.1. The number of hydrogen-bond donors (Lipinski definition) is 1. The molecule has 4 rings (SSSR count). The van der Waals surface area contributed by atoms with Crippen molar-refractivity contribution < 1.29 is 4.79 Å². The molecule has 2 saturated heterocycles. The highest BCUT2D eigenvalue weighted by Crippen LogP contribution is 2.28. The van der Waals surface area contributed by atoms with Crippen LogP contribution >= 0.6 is 11.3 Å². The normalized spacial score (nSPS) is 23.8. The van der Waals surface area contributed by atoms with Crippen LogP contribution < -0.4 is 5.32 Å². The van der Waals surface area contributed by atoms with E-state index in [1.807, 2.05) is 23.6 Å². The summed E-state index contributed by atoms with van der Waals surface area (Å²) in [4.78, 5) is 19.4. The first kappa shape index (κ1) is 15.8. The van der Waals surface area contributed by atoms with Gasteiger partial charge in [-0.1, -0.05) is 30.3 Å². The van der Waals surface area contributed by atoms with Gasteiger partial charge in [0.25, 0.3) is 0 Å². The van der Waals surface area contributed by atoms with Crippen molar-refractivity contribution in [3.63, 3.8) is 0 Å². The van der Waals surface area contributed by atoms with Gasteiger partial charge in [-0.05, 0) is 37.8 Å². The summed E-state index contributed by atoms with van der Waals surface area (Å²) in [5, 5.41) is 6.50. The minimum Gasteiger partial charge on any atom is -0.342 e. The number of hydrogen-bond acceptors (Lipinski definition) is 4. The molecule has 2 aliphatic heterocycles. The average molecular weight is 341 g/mol. The van der Waals surface area contributed by atoms with Crippen molar-refractivity contribution in [2.45, 2.75) is 19.3 Å². The van der Waals surface area contributed by atoms with Gasteiger partial charge in [-0.3, -0.25) is 4.79 Å². The van der Waals surface area contributed by atoms with Gasteiger partial charge in [-0.15, -0.1) is 11.3 Å². The summed E-state index contributed by atoms with van der Waals surface area (Å²) in [6.07, 6.45) is 2.70. The number of nitrogens with one attached hydrogen (secondary N) is 1. The van der Waals surface area contributed by atoms with Crippen molar-refractivity contribution >= 4 is 17.2 Å². The van der Waals surface area contributed by atoms with E-state index in [2.05, 4.69) is 27.3 Å². The third-order valence-electron chi connectivity index (χ3n) is 5.28. The Kier molecular flexibility index (Phi) is 4.63. The molecule has 2 aliphatic rings. The van der Waals surface area contributed by atoms with E-state index in [1.165, 1.54) is 0 Å². The summed E-state index contributed by atoms with van der Waals surface area (Å²) in [5.74, 6) is 1.74. The van der Waals surface area contributed by atoms with Gasteiger partial charge in [0.05, 0.1) is 12.1 Å². The Morgan fingerprint density at radius 2 is 1.88 bits per heavy atom. The van der Waals surface area contributed by atoms with Gasteiger partial charge in [-0.25, -0.2) is 4.98 Å². The molecule has 1 aromatic heterocycles. The zero-order valence-electron chi connectivity index (χ0n) is 13.8. The lowest BCUT2D eigenvalue weighted by Gasteiger charge is -2.20. The molecule has 126 valence electrons. The molecule has 2 atom stereocenters. The van der Waals surface area contributed by atoms with Crippen LogP contribution in [0, 0.1) is 11.8 Å². The first-order chi connectivity index (χ1) is 11.8. The number of rotatable bonds is 3. The van der Waals surface area contributed by atoms with E-state index in [1.54, 1.807) is 11.3 Å². The largest absolute Gasteiger partial charge is 0.342 e. The molecule has 24 heavy (non-hydrogen) atoms. The van der Waals surface area contributed by atoms with E-state index >= 15 is 0 Å². The Labute approximate surface area is 146 Å². The van der Waals surface area contributed by atoms with E-state index in [-0.39, 0.29) is 5.91 Å². The van der Waals surface area contributed by atoms with Crippen molar-refractivity contribution in [1.29, 1.82) is 0 Å². The molecule has 0 spiro atoms. The van der Waals surface area contributed by atoms with Gasteiger partial charge >= 0.3 is 0 Å². The SMILES string of the molecule is O=C(Cc1csc(-c2ccccc2)n1)N1CC[C@@H]2CNC[C@@H]2CC1. The van der Waals surface area contributed by atoms with Gasteiger partial charge in [0.2, 0.25) is 5.91 Å². The number of nitrogens with zero attached hydrogens (tertiary/aromatic N) is 2. The molecule has 0 saturated carbocycles. The fraction of sp³-hybridized carbons (Fsp3) is 0.474. The minimum absolute atomic E-state index is 0.229. The molecule has 2 fully saturated rings. The van der Waals surface area contributed by atoms with Crippen LogP contribution in [0.2, 0.25) is 0 Å². The lowest BCUT2D eigenvalue weighted by atomic mass is 9.92. The Bertz CT molecular complexity index is 686. The number of carbonyl (C=O) groups is 1. The Morgan fingerprint density at radius 1 is 1.17 bits per heavy atom. The quantitative estimate of drug-likeness (QED) is 0.934. The molecule has 1 aromatic carbocycles. The Hall–Kier alpha value is -1.72. The topological polar surface area (TPSA) is 45.2 Å². The fourth-order valence-corrected chi connectivity index (χ4v) is 4.66. The van der Waals surface area contributed by atoms with Crippen LogP contribution in [-0.2, 0) is 11.2 Å². The zero-order chi connectivity index (χ0) is 16.4. The summed E-state index contributed by atoms with van der Waals surface area (Å²) in [6, 6.07) is 10.2. The van der Waals surface area contributed by atoms with E-state index in [9.17, 15) is 4.79 Å². The zero-order valence-corrected chi connectivity index (χ0v) is 14.6. The van der Waals surface area contributed by atoms with Gasteiger partial charge in [0.15, 0.2) is 0 Å². The van der Waals surface area contributed by atoms with Gasteiger partial charge < -0.3 is 10.2 Å². The van der Waals surface area contributed by atoms with E-state index < -0.39 is 0 Å². The maximum absolute atomic E-state index is 12.7. The summed E-state index contributed by atoms with van der Waals surface area (Å²) in [5.41, 5.74) is 2.02. The van der Waals surface area contributed by atoms with Gasteiger partial charge in [0.1, 0.15) is 5.01 Å². The second-order valence-corrected chi connectivity index (χ2v) is 7.68. The predicted molar refractivity (Wildman–Crippen MR) is 96.9 cm³/mol. The first-order valence-corrected chi connectivity index (χ1v) is 9.66. The monoisotopic (exact) mass is 341 g/mol. The lowest BCUT2D eigenvalue weighted by Crippen LogP contribution is -2.34.